The molecule has 3 amide bonds. The van der Waals surface area contributed by atoms with Crippen molar-refractivity contribution in [3.63, 3.8) is 0 Å². The molecule has 1 rings (SSSR count). The van der Waals surface area contributed by atoms with E-state index >= 15 is 0 Å². The van der Waals surface area contributed by atoms with Gasteiger partial charge in [0.25, 0.3) is 0 Å². The highest BCUT2D eigenvalue weighted by Crippen LogP contribution is 1.99. The molecule has 0 unspecified atom stereocenters. The summed E-state index contributed by atoms with van der Waals surface area (Å²) < 4.78 is 24.1. The zero-order chi connectivity index (χ0) is 10.8. The number of amides is 3. The number of nitrogens with zero attached hydrogens (tertiary/aromatic N) is 1. The Labute approximate surface area is 81.5 Å². The molecule has 80 valence electrons. The lowest BCUT2D eigenvalue weighted by Gasteiger charge is -2.11. The first kappa shape index (κ1) is 10.9. The van der Waals surface area contributed by atoms with Crippen molar-refractivity contribution in [3.05, 3.63) is 0 Å². The Hall–Kier alpha value is -1.15. The van der Waals surface area contributed by atoms with Crippen LogP contribution in [0, 0.1) is 0 Å². The van der Waals surface area contributed by atoms with Crippen LogP contribution in [0.15, 0.2) is 0 Å². The maximum Gasteiger partial charge on any atom is 0.324 e. The smallest absolute Gasteiger partial charge is 0.324 e. The second-order valence-electron chi connectivity index (χ2n) is 2.73. The molecule has 1 aliphatic heterocycles. The summed E-state index contributed by atoms with van der Waals surface area (Å²) in [6.45, 7) is -0.174. The van der Waals surface area contributed by atoms with E-state index in [1.54, 1.807) is 0 Å². The lowest BCUT2D eigenvalue weighted by molar-refractivity contribution is -0.124. The van der Waals surface area contributed by atoms with Crippen LogP contribution in [0.2, 0.25) is 0 Å². The molecule has 0 aliphatic carbocycles. The van der Waals surface area contributed by atoms with Crippen molar-refractivity contribution >= 4 is 22.0 Å². The van der Waals surface area contributed by atoms with E-state index < -0.39 is 22.0 Å². The molecule has 14 heavy (non-hydrogen) atoms. The zero-order valence-electron chi connectivity index (χ0n) is 7.61. The molecule has 0 atom stereocenters. The SMILES string of the molecule is CNS(=O)(=O)CCN1C(=O)CNC1=O. The average molecular weight is 221 g/mol. The Kier molecular flexibility index (Phi) is 3.06. The van der Waals surface area contributed by atoms with Crippen LogP contribution in [-0.4, -0.2) is 51.1 Å². The van der Waals surface area contributed by atoms with Gasteiger partial charge in [-0.15, -0.1) is 0 Å². The van der Waals surface area contributed by atoms with Crippen LogP contribution in [0.25, 0.3) is 0 Å². The Morgan fingerprint density at radius 2 is 2.14 bits per heavy atom. The van der Waals surface area contributed by atoms with Gasteiger partial charge in [-0.1, -0.05) is 0 Å². The minimum absolute atomic E-state index is 0.0571. The van der Waals surface area contributed by atoms with Gasteiger partial charge < -0.3 is 5.32 Å². The predicted molar refractivity (Wildman–Crippen MR) is 48.0 cm³/mol. The van der Waals surface area contributed by atoms with Crippen LogP contribution in [0.1, 0.15) is 0 Å². The quantitative estimate of drug-likeness (QED) is 0.541. The largest absolute Gasteiger partial charge is 0.329 e. The highest BCUT2D eigenvalue weighted by atomic mass is 32.2. The Morgan fingerprint density at radius 1 is 1.50 bits per heavy atom. The van der Waals surface area contributed by atoms with E-state index in [0.29, 0.717) is 0 Å². The fourth-order valence-electron chi connectivity index (χ4n) is 0.995. The molecule has 0 aromatic heterocycles. The van der Waals surface area contributed by atoms with Crippen molar-refractivity contribution in [1.82, 2.24) is 14.9 Å². The average Bonchev–Trinajstić information content (AvgIpc) is 2.44. The molecule has 1 fully saturated rings. The molecular formula is C6H11N3O4S. The fourth-order valence-corrected chi connectivity index (χ4v) is 1.62. The molecule has 0 radical (unpaired) electrons. The van der Waals surface area contributed by atoms with Gasteiger partial charge in [0.2, 0.25) is 15.9 Å². The number of nitrogens with one attached hydrogen (secondary N) is 2. The lowest BCUT2D eigenvalue weighted by atomic mass is 10.5. The van der Waals surface area contributed by atoms with Gasteiger partial charge >= 0.3 is 6.03 Å². The summed E-state index contributed by atoms with van der Waals surface area (Å²) in [5.41, 5.74) is 0. The first-order valence-corrected chi connectivity index (χ1v) is 5.61. The van der Waals surface area contributed by atoms with Gasteiger partial charge in [0.1, 0.15) is 0 Å². The third kappa shape index (κ3) is 2.42. The summed E-state index contributed by atoms with van der Waals surface area (Å²) in [6.07, 6.45) is 0. The highest BCUT2D eigenvalue weighted by molar-refractivity contribution is 7.89. The van der Waals surface area contributed by atoms with E-state index in [1.165, 1.54) is 7.05 Å². The van der Waals surface area contributed by atoms with Crippen molar-refractivity contribution < 1.29 is 18.0 Å². The topological polar surface area (TPSA) is 95.6 Å². The van der Waals surface area contributed by atoms with Gasteiger partial charge in [0.15, 0.2) is 0 Å². The maximum atomic E-state index is 11.0. The Balaban J connectivity index is 2.53. The van der Waals surface area contributed by atoms with Crippen LogP contribution in [0.3, 0.4) is 0 Å². The van der Waals surface area contributed by atoms with Crippen LogP contribution in [0.5, 0.6) is 0 Å². The van der Waals surface area contributed by atoms with Crippen molar-refractivity contribution in [2.75, 3.05) is 25.9 Å². The lowest BCUT2D eigenvalue weighted by Crippen LogP contribution is -2.37. The number of imide groups is 1. The standard InChI is InChI=1S/C6H11N3O4S/c1-7-14(12,13)3-2-9-5(10)4-8-6(9)11/h7H,2-4H2,1H3,(H,8,11). The maximum absolute atomic E-state index is 11.0. The summed E-state index contributed by atoms with van der Waals surface area (Å²) in [6, 6.07) is -0.540. The molecule has 0 spiro atoms. The second-order valence-corrected chi connectivity index (χ2v) is 4.77. The first-order chi connectivity index (χ1) is 6.46. The highest BCUT2D eigenvalue weighted by Gasteiger charge is 2.29. The number of carbonyl (C=O) groups excluding carboxylic acids is 2. The van der Waals surface area contributed by atoms with Crippen LogP contribution in [0.4, 0.5) is 4.79 Å². The number of sulfonamides is 1. The summed E-state index contributed by atoms with van der Waals surface area (Å²) in [5, 5.41) is 2.30. The summed E-state index contributed by atoms with van der Waals surface area (Å²) >= 11 is 0. The molecule has 0 aromatic rings. The molecule has 0 saturated carbocycles. The van der Waals surface area contributed by atoms with Gasteiger partial charge in [-0.3, -0.25) is 9.69 Å². The van der Waals surface area contributed by atoms with E-state index in [-0.39, 0.29) is 18.8 Å². The number of hydrogen-bond acceptors (Lipinski definition) is 4. The zero-order valence-corrected chi connectivity index (χ0v) is 8.43. The molecule has 8 heteroatoms. The number of carbonyl (C=O) groups is 2. The van der Waals surface area contributed by atoms with Crippen LogP contribution >= 0.6 is 0 Å². The fraction of sp³-hybridized carbons (Fsp3) is 0.667. The van der Waals surface area contributed by atoms with E-state index in [2.05, 4.69) is 10.0 Å². The monoisotopic (exact) mass is 221 g/mol. The van der Waals surface area contributed by atoms with E-state index in [0.717, 1.165) is 4.90 Å². The number of urea groups is 1. The molecule has 7 nitrogen and oxygen atoms in total. The molecule has 0 aromatic carbocycles. The van der Waals surface area contributed by atoms with Crippen molar-refractivity contribution in [1.29, 1.82) is 0 Å². The number of hydrogen-bond donors (Lipinski definition) is 2. The first-order valence-electron chi connectivity index (χ1n) is 3.95. The van der Waals surface area contributed by atoms with Gasteiger partial charge in [0.05, 0.1) is 12.3 Å². The molecule has 2 N–H and O–H groups in total. The molecule has 1 heterocycles. The second kappa shape index (κ2) is 3.93. The number of rotatable bonds is 4. The summed E-state index contributed by atoms with van der Waals surface area (Å²) in [7, 11) is -2.10. The van der Waals surface area contributed by atoms with Crippen LogP contribution < -0.4 is 10.0 Å². The third-order valence-electron chi connectivity index (χ3n) is 1.83. The summed E-state index contributed by atoms with van der Waals surface area (Å²) in [4.78, 5) is 22.9. The van der Waals surface area contributed by atoms with Crippen molar-refractivity contribution in [3.8, 4) is 0 Å². The predicted octanol–water partition coefficient (Wildman–Crippen LogP) is -1.91. The minimum atomic E-state index is -3.38. The molecule has 1 saturated heterocycles. The minimum Gasteiger partial charge on any atom is -0.329 e. The Bertz CT molecular complexity index is 334. The Morgan fingerprint density at radius 3 is 2.57 bits per heavy atom. The van der Waals surface area contributed by atoms with Gasteiger partial charge in [-0.05, 0) is 7.05 Å². The van der Waals surface area contributed by atoms with Gasteiger partial charge in [0, 0.05) is 6.54 Å². The van der Waals surface area contributed by atoms with Gasteiger partial charge in [-0.2, -0.15) is 0 Å². The van der Waals surface area contributed by atoms with E-state index in [1.807, 2.05) is 0 Å². The molecule has 1 aliphatic rings. The third-order valence-corrected chi connectivity index (χ3v) is 3.17. The van der Waals surface area contributed by atoms with Crippen molar-refractivity contribution in [2.24, 2.45) is 0 Å². The van der Waals surface area contributed by atoms with Gasteiger partial charge in [-0.25, -0.2) is 17.9 Å². The summed E-state index contributed by atoms with van der Waals surface area (Å²) in [5.74, 6) is -0.677. The van der Waals surface area contributed by atoms with Crippen molar-refractivity contribution in [2.45, 2.75) is 0 Å². The van der Waals surface area contributed by atoms with E-state index in [9.17, 15) is 18.0 Å². The van der Waals surface area contributed by atoms with E-state index in [4.69, 9.17) is 0 Å². The molecular weight excluding hydrogens is 210 g/mol. The van der Waals surface area contributed by atoms with Crippen LogP contribution in [-0.2, 0) is 14.8 Å². The normalized spacial score (nSPS) is 17.4. The molecule has 0 bridgehead atoms.